The van der Waals surface area contributed by atoms with E-state index in [2.05, 4.69) is 31.1 Å². The van der Waals surface area contributed by atoms with Crippen molar-refractivity contribution in [3.8, 4) is 11.4 Å². The Morgan fingerprint density at radius 3 is 2.53 bits per heavy atom. The summed E-state index contributed by atoms with van der Waals surface area (Å²) in [5.74, 6) is 1.13. The van der Waals surface area contributed by atoms with E-state index >= 15 is 0 Å². The normalized spacial score (nSPS) is 21.6. The van der Waals surface area contributed by atoms with Crippen molar-refractivity contribution in [1.82, 2.24) is 20.1 Å². The Balaban J connectivity index is 1.43. The van der Waals surface area contributed by atoms with E-state index in [1.807, 2.05) is 29.2 Å². The summed E-state index contributed by atoms with van der Waals surface area (Å²) in [5.41, 5.74) is 0.920. The molecule has 1 amide bonds. The molecule has 1 aliphatic heterocycles. The van der Waals surface area contributed by atoms with Crippen LogP contribution in [-0.4, -0.2) is 63.7 Å². The van der Waals surface area contributed by atoms with Gasteiger partial charge in [0, 0.05) is 22.1 Å². The number of aromatic amines is 1. The van der Waals surface area contributed by atoms with Gasteiger partial charge in [-0.3, -0.25) is 9.89 Å². The first-order chi connectivity index (χ1) is 14.4. The van der Waals surface area contributed by atoms with Crippen LogP contribution < -0.4 is 0 Å². The lowest BCUT2D eigenvalue weighted by Gasteiger charge is -2.38. The minimum Gasteiger partial charge on any atom is -0.335 e. The summed E-state index contributed by atoms with van der Waals surface area (Å²) in [6.07, 6.45) is 5.84. The van der Waals surface area contributed by atoms with Crippen LogP contribution in [0.4, 0.5) is 0 Å². The van der Waals surface area contributed by atoms with Crippen LogP contribution >= 0.6 is 27.7 Å². The number of H-pyrrole nitrogens is 1. The Morgan fingerprint density at radius 2 is 1.87 bits per heavy atom. The van der Waals surface area contributed by atoms with Gasteiger partial charge in [-0.15, -0.1) is 5.10 Å². The molecule has 0 radical (unpaired) electrons. The predicted octanol–water partition coefficient (Wildman–Crippen LogP) is 3.67. The second-order valence-corrected chi connectivity index (χ2v) is 12.0. The van der Waals surface area contributed by atoms with E-state index < -0.39 is 9.84 Å². The highest BCUT2D eigenvalue weighted by molar-refractivity contribution is 9.10. The Kier molecular flexibility index (Phi) is 6.84. The summed E-state index contributed by atoms with van der Waals surface area (Å²) in [5, 5.41) is 7.67. The molecule has 1 saturated heterocycles. The number of thioether (sulfide) groups is 1. The first-order valence-electron chi connectivity index (χ1n) is 10.2. The smallest absolute Gasteiger partial charge is 0.233 e. The fourth-order valence-corrected chi connectivity index (χ4v) is 6.95. The first kappa shape index (κ1) is 21.8. The minimum atomic E-state index is -3.04. The molecule has 7 nitrogen and oxygen atoms in total. The maximum Gasteiger partial charge on any atom is 0.233 e. The number of sulfone groups is 1. The first-order valence-corrected chi connectivity index (χ1v) is 13.8. The standard InChI is InChI=1S/C20H25BrN4O3S2/c21-15-8-6-14(7-9-15)19-22-20(24-23-19)29-12-18(26)25(16-4-2-1-3-5-16)17-10-11-30(27,28)13-17/h6-9,16-17H,1-5,10-13H2,(H,22,23,24)/t17-/m1/s1. The summed E-state index contributed by atoms with van der Waals surface area (Å²) < 4.78 is 25.0. The fourth-order valence-electron chi connectivity index (χ4n) is 4.31. The number of halogens is 1. The summed E-state index contributed by atoms with van der Waals surface area (Å²) in [6, 6.07) is 7.70. The molecule has 1 aromatic heterocycles. The quantitative estimate of drug-likeness (QED) is 0.593. The molecule has 2 aliphatic rings. The predicted molar refractivity (Wildman–Crippen MR) is 121 cm³/mol. The van der Waals surface area contributed by atoms with E-state index in [4.69, 9.17) is 0 Å². The average molecular weight is 513 g/mol. The molecular formula is C20H25BrN4O3S2. The van der Waals surface area contributed by atoms with Crippen molar-refractivity contribution in [2.45, 2.75) is 55.8 Å². The number of aromatic nitrogens is 3. The summed E-state index contributed by atoms with van der Waals surface area (Å²) >= 11 is 4.71. The van der Waals surface area contributed by atoms with Crippen LogP contribution in [0.5, 0.6) is 0 Å². The van der Waals surface area contributed by atoms with Gasteiger partial charge in [0.1, 0.15) is 0 Å². The molecule has 1 aliphatic carbocycles. The van der Waals surface area contributed by atoms with Gasteiger partial charge >= 0.3 is 0 Å². The third kappa shape index (κ3) is 5.26. The lowest BCUT2D eigenvalue weighted by Crippen LogP contribution is -2.49. The van der Waals surface area contributed by atoms with Crippen molar-refractivity contribution in [3.63, 3.8) is 0 Å². The fraction of sp³-hybridized carbons (Fsp3) is 0.550. The number of hydrogen-bond acceptors (Lipinski definition) is 6. The number of nitrogens with one attached hydrogen (secondary N) is 1. The molecule has 2 heterocycles. The molecule has 1 aromatic carbocycles. The van der Waals surface area contributed by atoms with Gasteiger partial charge in [-0.1, -0.05) is 59.1 Å². The second kappa shape index (κ2) is 9.40. The Hall–Kier alpha value is -1.39. The third-order valence-electron chi connectivity index (χ3n) is 5.77. The van der Waals surface area contributed by atoms with Crippen LogP contribution in [0.25, 0.3) is 11.4 Å². The van der Waals surface area contributed by atoms with Gasteiger partial charge in [0.2, 0.25) is 11.1 Å². The molecule has 1 saturated carbocycles. The van der Waals surface area contributed by atoms with Crippen LogP contribution in [0, 0.1) is 0 Å². The number of amides is 1. The number of nitrogens with zero attached hydrogens (tertiary/aromatic N) is 3. The van der Waals surface area contributed by atoms with Crippen LogP contribution in [0.2, 0.25) is 0 Å². The monoisotopic (exact) mass is 512 g/mol. The van der Waals surface area contributed by atoms with Crippen LogP contribution in [0.1, 0.15) is 38.5 Å². The van der Waals surface area contributed by atoms with E-state index in [1.54, 1.807) is 0 Å². The molecule has 30 heavy (non-hydrogen) atoms. The minimum absolute atomic E-state index is 0.0102. The number of carbonyl (C=O) groups is 1. The number of hydrogen-bond donors (Lipinski definition) is 1. The third-order valence-corrected chi connectivity index (χ3v) is 8.88. The Bertz CT molecular complexity index is 988. The van der Waals surface area contributed by atoms with Crippen LogP contribution in [0.3, 0.4) is 0 Å². The zero-order valence-electron chi connectivity index (χ0n) is 16.6. The van der Waals surface area contributed by atoms with Crippen LogP contribution in [0.15, 0.2) is 33.9 Å². The largest absolute Gasteiger partial charge is 0.335 e. The topological polar surface area (TPSA) is 96.0 Å². The molecular weight excluding hydrogens is 488 g/mol. The molecule has 162 valence electrons. The van der Waals surface area contributed by atoms with Gasteiger partial charge in [0.05, 0.1) is 17.3 Å². The number of carbonyl (C=O) groups excluding carboxylic acids is 1. The lowest BCUT2D eigenvalue weighted by atomic mass is 9.93. The summed E-state index contributed by atoms with van der Waals surface area (Å²) in [7, 11) is -3.04. The van der Waals surface area contributed by atoms with Crippen molar-refractivity contribution < 1.29 is 13.2 Å². The zero-order valence-corrected chi connectivity index (χ0v) is 19.8. The van der Waals surface area contributed by atoms with Gasteiger partial charge < -0.3 is 4.90 Å². The number of rotatable bonds is 6. The molecule has 4 rings (SSSR count). The van der Waals surface area contributed by atoms with Crippen LogP contribution in [-0.2, 0) is 14.6 Å². The van der Waals surface area contributed by atoms with E-state index in [1.165, 1.54) is 18.2 Å². The SMILES string of the molecule is O=C(CSc1n[nH]c(-c2ccc(Br)cc2)n1)N(C1CCCCC1)[C@@H]1CCS(=O)(=O)C1. The molecule has 2 fully saturated rings. The van der Waals surface area contributed by atoms with Crippen molar-refractivity contribution >= 4 is 43.4 Å². The van der Waals surface area contributed by atoms with E-state index in [0.717, 1.165) is 35.7 Å². The molecule has 1 atom stereocenters. The van der Waals surface area contributed by atoms with Gasteiger partial charge in [0.15, 0.2) is 15.7 Å². The Morgan fingerprint density at radius 1 is 1.13 bits per heavy atom. The van der Waals surface area contributed by atoms with E-state index in [9.17, 15) is 13.2 Å². The Labute approximate surface area is 189 Å². The molecule has 0 unspecified atom stereocenters. The van der Waals surface area contributed by atoms with Gasteiger partial charge in [-0.05, 0) is 31.4 Å². The maximum atomic E-state index is 13.2. The van der Waals surface area contributed by atoms with Crippen molar-refractivity contribution in [2.24, 2.45) is 0 Å². The highest BCUT2D eigenvalue weighted by Gasteiger charge is 2.38. The molecule has 1 N–H and O–H groups in total. The van der Waals surface area contributed by atoms with Crippen molar-refractivity contribution in [2.75, 3.05) is 17.3 Å². The maximum absolute atomic E-state index is 13.2. The van der Waals surface area contributed by atoms with Gasteiger partial charge in [-0.25, -0.2) is 13.4 Å². The van der Waals surface area contributed by atoms with Crippen molar-refractivity contribution in [3.05, 3.63) is 28.7 Å². The second-order valence-electron chi connectivity index (χ2n) is 7.91. The summed E-state index contributed by atoms with van der Waals surface area (Å²) in [4.78, 5) is 19.5. The van der Waals surface area contributed by atoms with E-state index in [0.29, 0.717) is 17.4 Å². The molecule has 10 heteroatoms. The van der Waals surface area contributed by atoms with E-state index in [-0.39, 0.29) is 35.2 Å². The average Bonchev–Trinajstić information content (AvgIpc) is 3.34. The zero-order chi connectivity index (χ0) is 21.1. The molecule has 2 aromatic rings. The number of benzene rings is 1. The highest BCUT2D eigenvalue weighted by Crippen LogP contribution is 2.30. The summed E-state index contributed by atoms with van der Waals surface area (Å²) in [6.45, 7) is 0. The van der Waals surface area contributed by atoms with Gasteiger partial charge in [0.25, 0.3) is 0 Å². The van der Waals surface area contributed by atoms with Crippen molar-refractivity contribution in [1.29, 1.82) is 0 Å². The van der Waals surface area contributed by atoms with Gasteiger partial charge in [-0.2, -0.15) is 0 Å². The molecule has 0 spiro atoms. The highest BCUT2D eigenvalue weighted by atomic mass is 79.9. The lowest BCUT2D eigenvalue weighted by molar-refractivity contribution is -0.133. The molecule has 0 bridgehead atoms.